The summed E-state index contributed by atoms with van der Waals surface area (Å²) in [7, 11) is 1.91. The average Bonchev–Trinajstić information content (AvgIpc) is 3.12. The lowest BCUT2D eigenvalue weighted by atomic mass is 9.67. The van der Waals surface area contributed by atoms with Gasteiger partial charge in [-0.2, -0.15) is 5.10 Å². The normalized spacial score (nSPS) is 22.3. The van der Waals surface area contributed by atoms with Crippen molar-refractivity contribution in [3.63, 3.8) is 0 Å². The monoisotopic (exact) mass is 366 g/mol. The Balaban J connectivity index is 1.48. The summed E-state index contributed by atoms with van der Waals surface area (Å²) >= 11 is 0. The number of piperidine rings is 2. The number of rotatable bonds is 2. The Morgan fingerprint density at radius 3 is 2.56 bits per heavy atom. The zero-order valence-corrected chi connectivity index (χ0v) is 15.9. The molecule has 1 atom stereocenters. The average molecular weight is 366 g/mol. The van der Waals surface area contributed by atoms with E-state index >= 15 is 0 Å². The highest BCUT2D eigenvalue weighted by molar-refractivity contribution is 5.92. The zero-order chi connectivity index (χ0) is 19.0. The van der Waals surface area contributed by atoms with Crippen LogP contribution in [-0.4, -0.2) is 58.5 Å². The molecular formula is C21H26N4O2. The number of carbonyl (C=O) groups is 2. The summed E-state index contributed by atoms with van der Waals surface area (Å²) in [6.45, 7) is 4.11. The third-order valence-corrected chi connectivity index (χ3v) is 6.12. The molecular weight excluding hydrogens is 340 g/mol. The summed E-state index contributed by atoms with van der Waals surface area (Å²) in [4.78, 5) is 29.2. The molecule has 1 N–H and O–H groups in total. The lowest BCUT2D eigenvalue weighted by Crippen LogP contribution is -2.53. The van der Waals surface area contributed by atoms with Crippen LogP contribution in [0.15, 0.2) is 36.4 Å². The van der Waals surface area contributed by atoms with Gasteiger partial charge in [0.25, 0.3) is 5.91 Å². The molecule has 1 aromatic heterocycles. The molecule has 6 heteroatoms. The number of aryl methyl sites for hydroxylation is 1. The third-order valence-electron chi connectivity index (χ3n) is 6.12. The largest absolute Gasteiger partial charge is 0.345 e. The fourth-order valence-electron chi connectivity index (χ4n) is 4.61. The minimum absolute atomic E-state index is 0.00551. The fraction of sp³-hybridized carbons (Fsp3) is 0.476. The van der Waals surface area contributed by atoms with E-state index < -0.39 is 0 Å². The number of nitrogens with one attached hydrogen (secondary N) is 1. The fourth-order valence-corrected chi connectivity index (χ4v) is 4.61. The number of likely N-dealkylation sites (N-methyl/N-ethyl adjacent to an activating group) is 1. The molecule has 4 rings (SSSR count). The molecule has 2 aromatic rings. The lowest BCUT2D eigenvalue weighted by molar-refractivity contribution is -0.139. The molecule has 0 bridgehead atoms. The van der Waals surface area contributed by atoms with Crippen LogP contribution in [0.4, 0.5) is 0 Å². The van der Waals surface area contributed by atoms with Gasteiger partial charge < -0.3 is 9.80 Å². The van der Waals surface area contributed by atoms with Crippen LogP contribution in [0.25, 0.3) is 0 Å². The second-order valence-corrected chi connectivity index (χ2v) is 8.09. The molecule has 1 spiro atoms. The maximum atomic E-state index is 12.8. The molecule has 142 valence electrons. The number of nitrogens with zero attached hydrogens (tertiary/aromatic N) is 3. The van der Waals surface area contributed by atoms with Gasteiger partial charge in [-0.3, -0.25) is 14.7 Å². The number of aromatic nitrogens is 2. The molecule has 2 aliphatic rings. The molecule has 1 aromatic carbocycles. The predicted octanol–water partition coefficient (Wildman–Crippen LogP) is 2.59. The van der Waals surface area contributed by atoms with Gasteiger partial charge >= 0.3 is 0 Å². The van der Waals surface area contributed by atoms with E-state index in [0.717, 1.165) is 37.1 Å². The molecule has 2 fully saturated rings. The molecule has 0 saturated carbocycles. The minimum atomic E-state index is -0.0822. The van der Waals surface area contributed by atoms with E-state index in [0.29, 0.717) is 18.8 Å². The maximum Gasteiger partial charge on any atom is 0.274 e. The molecule has 2 saturated heterocycles. The van der Waals surface area contributed by atoms with Crippen molar-refractivity contribution < 1.29 is 9.59 Å². The van der Waals surface area contributed by atoms with Crippen LogP contribution in [0.1, 0.15) is 46.9 Å². The zero-order valence-electron chi connectivity index (χ0n) is 15.9. The van der Waals surface area contributed by atoms with E-state index in [9.17, 15) is 9.59 Å². The molecule has 6 nitrogen and oxygen atoms in total. The van der Waals surface area contributed by atoms with Crippen LogP contribution >= 0.6 is 0 Å². The third kappa shape index (κ3) is 3.36. The van der Waals surface area contributed by atoms with Gasteiger partial charge in [-0.25, -0.2) is 0 Å². The van der Waals surface area contributed by atoms with E-state index in [-0.39, 0.29) is 23.1 Å². The van der Waals surface area contributed by atoms with E-state index in [2.05, 4.69) is 10.2 Å². The highest BCUT2D eigenvalue weighted by Gasteiger charge is 2.45. The van der Waals surface area contributed by atoms with Crippen molar-refractivity contribution in [3.8, 4) is 0 Å². The van der Waals surface area contributed by atoms with Gasteiger partial charge in [0, 0.05) is 32.4 Å². The number of aromatic amines is 1. The van der Waals surface area contributed by atoms with Crippen LogP contribution in [0, 0.1) is 12.3 Å². The summed E-state index contributed by atoms with van der Waals surface area (Å²) in [5, 5.41) is 6.94. The van der Waals surface area contributed by atoms with Crippen LogP contribution in [0.3, 0.4) is 0 Å². The quantitative estimate of drug-likeness (QED) is 0.888. The Morgan fingerprint density at radius 1 is 1.22 bits per heavy atom. The standard InChI is InChI=1S/C21H26N4O2/c1-15-12-18(23-22-15)20(27)25-10-8-21(9-11-25)13-17(19(26)24(2)14-21)16-6-4-3-5-7-16/h3-7,12,17H,8-11,13-14H2,1-2H3,(H,22,23)/t17-/m0/s1. The van der Waals surface area contributed by atoms with E-state index in [1.165, 1.54) is 0 Å². The molecule has 2 aliphatic heterocycles. The first kappa shape index (κ1) is 17.8. The van der Waals surface area contributed by atoms with Gasteiger partial charge in [0.05, 0.1) is 5.92 Å². The Hall–Kier alpha value is -2.63. The second kappa shape index (κ2) is 6.83. The molecule has 0 aliphatic carbocycles. The number of hydrogen-bond acceptors (Lipinski definition) is 3. The van der Waals surface area contributed by atoms with Crippen LogP contribution in [-0.2, 0) is 4.79 Å². The van der Waals surface area contributed by atoms with Gasteiger partial charge in [0.1, 0.15) is 5.69 Å². The molecule has 0 unspecified atom stereocenters. The van der Waals surface area contributed by atoms with Crippen molar-refractivity contribution in [2.24, 2.45) is 5.41 Å². The van der Waals surface area contributed by atoms with Crippen LogP contribution in [0.2, 0.25) is 0 Å². The number of H-pyrrole nitrogens is 1. The second-order valence-electron chi connectivity index (χ2n) is 8.09. The summed E-state index contributed by atoms with van der Waals surface area (Å²) in [6.07, 6.45) is 2.70. The Labute approximate surface area is 159 Å². The van der Waals surface area contributed by atoms with E-state index in [1.54, 1.807) is 6.07 Å². The van der Waals surface area contributed by atoms with Crippen molar-refractivity contribution >= 4 is 11.8 Å². The summed E-state index contributed by atoms with van der Waals surface area (Å²) < 4.78 is 0. The minimum Gasteiger partial charge on any atom is -0.345 e. The van der Waals surface area contributed by atoms with Gasteiger partial charge in [0.2, 0.25) is 5.91 Å². The van der Waals surface area contributed by atoms with Crippen molar-refractivity contribution in [2.45, 2.75) is 32.1 Å². The lowest BCUT2D eigenvalue weighted by Gasteiger charge is -2.49. The number of hydrogen-bond donors (Lipinski definition) is 1. The highest BCUT2D eigenvalue weighted by atomic mass is 16.2. The molecule has 3 heterocycles. The number of carbonyl (C=O) groups excluding carboxylic acids is 2. The Kier molecular flexibility index (Phi) is 4.50. The smallest absolute Gasteiger partial charge is 0.274 e. The predicted molar refractivity (Wildman–Crippen MR) is 102 cm³/mol. The van der Waals surface area contributed by atoms with Gasteiger partial charge in [-0.1, -0.05) is 30.3 Å². The van der Waals surface area contributed by atoms with Crippen molar-refractivity contribution in [1.29, 1.82) is 0 Å². The van der Waals surface area contributed by atoms with Gasteiger partial charge in [-0.05, 0) is 43.2 Å². The highest BCUT2D eigenvalue weighted by Crippen LogP contribution is 2.45. The summed E-state index contributed by atoms with van der Waals surface area (Å²) in [6, 6.07) is 11.9. The molecule has 27 heavy (non-hydrogen) atoms. The molecule has 0 radical (unpaired) electrons. The Morgan fingerprint density at radius 2 is 1.93 bits per heavy atom. The van der Waals surface area contributed by atoms with Crippen molar-refractivity contribution in [3.05, 3.63) is 53.3 Å². The maximum absolute atomic E-state index is 12.8. The number of amides is 2. The van der Waals surface area contributed by atoms with Gasteiger partial charge in [0.15, 0.2) is 0 Å². The first-order valence-electron chi connectivity index (χ1n) is 9.59. The first-order valence-corrected chi connectivity index (χ1v) is 9.59. The summed E-state index contributed by atoms with van der Waals surface area (Å²) in [5.74, 6) is 0.118. The van der Waals surface area contributed by atoms with E-state index in [1.807, 2.05) is 54.1 Å². The van der Waals surface area contributed by atoms with Crippen molar-refractivity contribution in [1.82, 2.24) is 20.0 Å². The number of benzene rings is 1. The topological polar surface area (TPSA) is 69.3 Å². The van der Waals surface area contributed by atoms with Gasteiger partial charge in [-0.15, -0.1) is 0 Å². The van der Waals surface area contributed by atoms with Crippen molar-refractivity contribution in [2.75, 3.05) is 26.7 Å². The van der Waals surface area contributed by atoms with Crippen LogP contribution < -0.4 is 0 Å². The SMILES string of the molecule is Cc1cc(C(=O)N2CCC3(CC2)C[C@@H](c2ccccc2)C(=O)N(C)C3)n[nH]1. The molecule has 2 amide bonds. The van der Waals surface area contributed by atoms with E-state index in [4.69, 9.17) is 0 Å². The first-order chi connectivity index (χ1) is 13.0. The summed E-state index contributed by atoms with van der Waals surface area (Å²) in [5.41, 5.74) is 2.56. The number of likely N-dealkylation sites (tertiary alicyclic amines) is 2. The Bertz CT molecular complexity index is 837. The van der Waals surface area contributed by atoms with Crippen LogP contribution in [0.5, 0.6) is 0 Å².